The quantitative estimate of drug-likeness (QED) is 0.0172. The van der Waals surface area contributed by atoms with Crippen molar-refractivity contribution in [1.29, 1.82) is 0 Å². The minimum absolute atomic E-state index is 0.0522. The van der Waals surface area contributed by atoms with E-state index >= 15 is 0 Å². The second-order valence-electron chi connectivity index (χ2n) is 20.8. The smallest absolute Gasteiger partial charge is 0.306 e. The van der Waals surface area contributed by atoms with Crippen LogP contribution in [0.25, 0.3) is 0 Å². The van der Waals surface area contributed by atoms with Gasteiger partial charge in [0.15, 0.2) is 12.6 Å². The lowest BCUT2D eigenvalue weighted by molar-refractivity contribution is -0.332. The first-order valence-electron chi connectivity index (χ1n) is 29.9. The van der Waals surface area contributed by atoms with Crippen molar-refractivity contribution in [2.24, 2.45) is 0 Å². The van der Waals surface area contributed by atoms with Crippen molar-refractivity contribution in [1.82, 2.24) is 0 Å². The molecule has 0 spiro atoms. The molecular weight excluding hydrogens is 957 g/mol. The van der Waals surface area contributed by atoms with E-state index in [-0.39, 0.29) is 19.6 Å². The summed E-state index contributed by atoms with van der Waals surface area (Å²) in [6, 6.07) is 0. The van der Waals surface area contributed by atoms with Crippen LogP contribution < -0.4 is 0 Å². The van der Waals surface area contributed by atoms with Crippen LogP contribution in [-0.4, -0.2) is 142 Å². The second kappa shape index (κ2) is 47.7. The Bertz CT molecular complexity index is 1470. The average Bonchev–Trinajstić information content (AvgIpc) is 3.41. The van der Waals surface area contributed by atoms with Crippen LogP contribution in [0, 0.1) is 0 Å². The van der Waals surface area contributed by atoms with E-state index < -0.39 is 86.7 Å². The van der Waals surface area contributed by atoms with E-state index in [0.29, 0.717) is 13.0 Å². The summed E-state index contributed by atoms with van der Waals surface area (Å²) in [5.41, 5.74) is 0. The highest BCUT2D eigenvalue weighted by Gasteiger charge is 2.47. The topological polar surface area (TPSA) is 214 Å². The second-order valence-corrected chi connectivity index (χ2v) is 20.8. The average molecular weight is 1070 g/mol. The fourth-order valence-corrected chi connectivity index (χ4v) is 9.15. The molecule has 2 rings (SSSR count). The van der Waals surface area contributed by atoms with Gasteiger partial charge < -0.3 is 64.2 Å². The predicted octanol–water partition coefficient (Wildman–Crippen LogP) is 10.9. The zero-order valence-electron chi connectivity index (χ0n) is 46.8. The van der Waals surface area contributed by atoms with Crippen LogP contribution in [0.5, 0.6) is 0 Å². The highest BCUT2D eigenvalue weighted by molar-refractivity contribution is 5.69. The number of carbonyl (C=O) groups excluding carboxylic acids is 1. The van der Waals surface area contributed by atoms with Crippen LogP contribution in [0.2, 0.25) is 0 Å². The Balaban J connectivity index is 1.69. The minimum atomic E-state index is -1.71. The molecule has 14 nitrogen and oxygen atoms in total. The van der Waals surface area contributed by atoms with Crippen molar-refractivity contribution in [3.63, 3.8) is 0 Å². The third-order valence-corrected chi connectivity index (χ3v) is 14.0. The predicted molar refractivity (Wildman–Crippen MR) is 298 cm³/mol. The standard InChI is InChI=1S/C61H108O14/c1-3-5-7-9-11-13-15-17-19-20-21-22-23-24-25-26-27-28-29-31-33-35-37-39-41-43-45-70-47-50(73-53(63)44-42-40-38-36-34-32-30-18-16-14-12-10-8-6-4-2)48-71-60-59(69)57(67)55(65)52(75-60)49-72-61-58(68)56(66)54(64)51(46-62)74-61/h12,14-15,17-18,20-21,23-24,30,50-52,54-62,64-69H,3-11,13,16,19,22,25-29,31-49H2,1-2H3/b14-12-,17-15-,21-20-,24-23-,30-18-. The molecule has 2 aliphatic rings. The molecule has 0 bridgehead atoms. The third kappa shape index (κ3) is 34.3. The fraction of sp³-hybridized carbons (Fsp3) is 0.820. The molecule has 7 N–H and O–H groups in total. The molecule has 0 aromatic heterocycles. The molecule has 0 saturated carbocycles. The van der Waals surface area contributed by atoms with Crippen LogP contribution in [0.1, 0.15) is 219 Å². The molecule has 14 heteroatoms. The van der Waals surface area contributed by atoms with Crippen LogP contribution in [0.3, 0.4) is 0 Å². The van der Waals surface area contributed by atoms with Gasteiger partial charge >= 0.3 is 5.97 Å². The van der Waals surface area contributed by atoms with Crippen LogP contribution in [0.4, 0.5) is 0 Å². The number of aliphatic hydroxyl groups excluding tert-OH is 7. The summed E-state index contributed by atoms with van der Waals surface area (Å²) < 4.78 is 34.4. The van der Waals surface area contributed by atoms with E-state index in [2.05, 4.69) is 74.6 Å². The number of unbranched alkanes of at least 4 members (excludes halogenated alkanes) is 24. The number of hydrogen-bond acceptors (Lipinski definition) is 14. The van der Waals surface area contributed by atoms with Crippen molar-refractivity contribution in [3.05, 3.63) is 60.8 Å². The molecule has 2 saturated heterocycles. The van der Waals surface area contributed by atoms with Gasteiger partial charge in [0.1, 0.15) is 54.9 Å². The summed E-state index contributed by atoms with van der Waals surface area (Å²) >= 11 is 0. The van der Waals surface area contributed by atoms with Gasteiger partial charge in [-0.3, -0.25) is 4.79 Å². The van der Waals surface area contributed by atoms with Gasteiger partial charge in [0.2, 0.25) is 0 Å². The Morgan fingerprint density at radius 1 is 0.440 bits per heavy atom. The fourth-order valence-electron chi connectivity index (χ4n) is 9.15. The van der Waals surface area contributed by atoms with E-state index in [1.54, 1.807) is 0 Å². The number of esters is 1. The normalized spacial score (nSPS) is 25.0. The maximum Gasteiger partial charge on any atom is 0.306 e. The monoisotopic (exact) mass is 1060 g/mol. The summed E-state index contributed by atoms with van der Waals surface area (Å²) in [5.74, 6) is -0.391. The Morgan fingerprint density at radius 2 is 0.827 bits per heavy atom. The number of carbonyl (C=O) groups is 1. The molecule has 0 radical (unpaired) electrons. The Labute approximate surface area is 454 Å². The maximum absolute atomic E-state index is 13.1. The Kier molecular flexibility index (Phi) is 43.7. The van der Waals surface area contributed by atoms with E-state index in [1.807, 2.05) is 0 Å². The molecule has 2 fully saturated rings. The Hall–Kier alpha value is -2.31. The van der Waals surface area contributed by atoms with Gasteiger partial charge in [-0.15, -0.1) is 0 Å². The lowest BCUT2D eigenvalue weighted by Crippen LogP contribution is -2.61. The van der Waals surface area contributed by atoms with E-state index in [4.69, 9.17) is 28.4 Å². The molecule has 2 aliphatic heterocycles. The highest BCUT2D eigenvalue weighted by atomic mass is 16.7. The Morgan fingerprint density at radius 3 is 1.32 bits per heavy atom. The number of rotatable bonds is 48. The summed E-state index contributed by atoms with van der Waals surface area (Å²) in [4.78, 5) is 13.1. The summed E-state index contributed by atoms with van der Waals surface area (Å²) in [5, 5.41) is 72.3. The van der Waals surface area contributed by atoms with Gasteiger partial charge in [-0.1, -0.05) is 190 Å². The van der Waals surface area contributed by atoms with Crippen LogP contribution >= 0.6 is 0 Å². The van der Waals surface area contributed by atoms with Crippen LogP contribution in [-0.2, 0) is 33.2 Å². The van der Waals surface area contributed by atoms with Crippen molar-refractivity contribution >= 4 is 5.97 Å². The first-order chi connectivity index (χ1) is 36.6. The van der Waals surface area contributed by atoms with Gasteiger partial charge in [-0.2, -0.15) is 0 Å². The van der Waals surface area contributed by atoms with Crippen molar-refractivity contribution < 1.29 is 69.0 Å². The lowest BCUT2D eigenvalue weighted by Gasteiger charge is -2.42. The van der Waals surface area contributed by atoms with E-state index in [1.165, 1.54) is 116 Å². The largest absolute Gasteiger partial charge is 0.457 e. The first-order valence-corrected chi connectivity index (χ1v) is 29.9. The maximum atomic E-state index is 13.1. The van der Waals surface area contributed by atoms with E-state index in [9.17, 15) is 40.5 Å². The van der Waals surface area contributed by atoms with Gasteiger partial charge in [0.05, 0.1) is 26.4 Å². The molecule has 0 aliphatic carbocycles. The molecule has 75 heavy (non-hydrogen) atoms. The zero-order chi connectivity index (χ0) is 54.4. The molecule has 0 aromatic carbocycles. The summed E-state index contributed by atoms with van der Waals surface area (Å²) in [6.45, 7) is 3.63. The highest BCUT2D eigenvalue weighted by Crippen LogP contribution is 2.27. The van der Waals surface area contributed by atoms with E-state index in [0.717, 1.165) is 77.0 Å². The van der Waals surface area contributed by atoms with Gasteiger partial charge in [0.25, 0.3) is 0 Å². The van der Waals surface area contributed by atoms with Crippen molar-refractivity contribution in [3.8, 4) is 0 Å². The van der Waals surface area contributed by atoms with Gasteiger partial charge in [-0.25, -0.2) is 0 Å². The molecule has 0 amide bonds. The number of ether oxygens (including phenoxy) is 6. The number of aliphatic hydroxyl groups is 7. The number of hydrogen-bond donors (Lipinski definition) is 7. The van der Waals surface area contributed by atoms with Gasteiger partial charge in [-0.05, 0) is 83.5 Å². The van der Waals surface area contributed by atoms with Crippen molar-refractivity contribution in [2.45, 2.75) is 287 Å². The molecule has 2 heterocycles. The molecule has 11 atom stereocenters. The molecular formula is C61H108O14. The summed E-state index contributed by atoms with van der Waals surface area (Å²) in [6.07, 6.45) is 42.8. The third-order valence-electron chi connectivity index (χ3n) is 14.0. The SMILES string of the molecule is CCCCC/C=C\C/C=C\CCCCCCCC(=O)OC(COCCCCCCCCCCCCC/C=C\C/C=C\C/C=C\CCCCCCC)COC1OC(COC2OC(CO)C(O)C(O)C2O)C(O)C(O)C1O. The first kappa shape index (κ1) is 68.8. The van der Waals surface area contributed by atoms with Crippen LogP contribution in [0.15, 0.2) is 60.8 Å². The number of allylic oxidation sites excluding steroid dienone is 10. The van der Waals surface area contributed by atoms with Gasteiger partial charge in [0, 0.05) is 13.0 Å². The molecule has 0 aromatic rings. The zero-order valence-corrected chi connectivity index (χ0v) is 46.8. The lowest BCUT2D eigenvalue weighted by atomic mass is 9.98. The molecule has 436 valence electrons. The minimum Gasteiger partial charge on any atom is -0.457 e. The molecule has 11 unspecified atom stereocenters. The summed E-state index contributed by atoms with van der Waals surface area (Å²) in [7, 11) is 0. The van der Waals surface area contributed by atoms with Crippen molar-refractivity contribution in [2.75, 3.05) is 33.0 Å².